The summed E-state index contributed by atoms with van der Waals surface area (Å²) in [6.45, 7) is 0.498. The number of nitrogens with zero attached hydrogens (tertiary/aromatic N) is 2. The van der Waals surface area contributed by atoms with Gasteiger partial charge in [0.25, 0.3) is 5.91 Å². The minimum absolute atomic E-state index is 0.0555. The normalized spacial score (nSPS) is 10.8. The maximum Gasteiger partial charge on any atom is 0.285 e. The molecule has 136 valence electrons. The van der Waals surface area contributed by atoms with Gasteiger partial charge in [0.1, 0.15) is 10.6 Å². The number of carbonyl (C=O) groups excluding carboxylic acids is 2. The third kappa shape index (κ3) is 4.04. The number of thiophene rings is 1. The first-order chi connectivity index (χ1) is 13.2. The summed E-state index contributed by atoms with van der Waals surface area (Å²) in [5, 5.41) is 15.6. The monoisotopic (exact) mass is 397 g/mol. The van der Waals surface area contributed by atoms with Crippen molar-refractivity contribution in [1.82, 2.24) is 20.5 Å². The van der Waals surface area contributed by atoms with Crippen LogP contribution in [0.25, 0.3) is 10.2 Å². The summed E-state index contributed by atoms with van der Waals surface area (Å²) in [5.41, 5.74) is 1.05. The predicted molar refractivity (Wildman–Crippen MR) is 106 cm³/mol. The van der Waals surface area contributed by atoms with Crippen LogP contribution < -0.4 is 10.6 Å². The Hall–Kier alpha value is -3.04. The van der Waals surface area contributed by atoms with Crippen LogP contribution in [0.3, 0.4) is 0 Å². The Morgan fingerprint density at radius 1 is 1.19 bits per heavy atom. The van der Waals surface area contributed by atoms with Crippen molar-refractivity contribution in [3.63, 3.8) is 0 Å². The Kier molecular flexibility index (Phi) is 4.95. The van der Waals surface area contributed by atoms with E-state index in [1.807, 2.05) is 36.4 Å². The zero-order valence-electron chi connectivity index (χ0n) is 14.1. The third-order valence-electron chi connectivity index (χ3n) is 3.83. The Morgan fingerprint density at radius 3 is 2.81 bits per heavy atom. The van der Waals surface area contributed by atoms with Gasteiger partial charge < -0.3 is 10.6 Å². The summed E-state index contributed by atoms with van der Waals surface area (Å²) in [6.07, 6.45) is 1.85. The topological polar surface area (TPSA) is 99.8 Å². The zero-order valence-corrected chi connectivity index (χ0v) is 15.7. The number of hydrogen-bond donors (Lipinski definition) is 3. The summed E-state index contributed by atoms with van der Waals surface area (Å²) in [5.74, 6) is 0.168. The van der Waals surface area contributed by atoms with E-state index in [-0.39, 0.29) is 18.2 Å². The lowest BCUT2D eigenvalue weighted by molar-refractivity contribution is -0.120. The van der Waals surface area contributed by atoms with E-state index in [4.69, 9.17) is 0 Å². The first-order valence-corrected chi connectivity index (χ1v) is 9.87. The van der Waals surface area contributed by atoms with Crippen LogP contribution in [0.5, 0.6) is 0 Å². The lowest BCUT2D eigenvalue weighted by atomic mass is 10.2. The molecule has 0 radical (unpaired) electrons. The molecule has 0 aliphatic rings. The third-order valence-corrected chi connectivity index (χ3v) is 5.64. The molecule has 0 aliphatic carbocycles. The molecule has 3 aromatic heterocycles. The molecule has 9 heteroatoms. The van der Waals surface area contributed by atoms with Crippen molar-refractivity contribution < 1.29 is 9.59 Å². The molecule has 2 amide bonds. The number of aromatic nitrogens is 3. The highest BCUT2D eigenvalue weighted by Gasteiger charge is 2.16. The SMILES string of the molecule is O=C(Cc1cc2c(NC(=O)c3nccs3)[nH]nc2s1)NCc1ccccc1. The number of aromatic amines is 1. The van der Waals surface area contributed by atoms with Crippen LogP contribution in [0.2, 0.25) is 0 Å². The van der Waals surface area contributed by atoms with Gasteiger partial charge in [-0.3, -0.25) is 14.7 Å². The van der Waals surface area contributed by atoms with Crippen molar-refractivity contribution in [2.75, 3.05) is 5.32 Å². The van der Waals surface area contributed by atoms with Gasteiger partial charge >= 0.3 is 0 Å². The Morgan fingerprint density at radius 2 is 2.04 bits per heavy atom. The predicted octanol–water partition coefficient (Wildman–Crippen LogP) is 3.19. The lowest BCUT2D eigenvalue weighted by Gasteiger charge is -2.04. The first-order valence-electron chi connectivity index (χ1n) is 8.17. The number of benzene rings is 1. The van der Waals surface area contributed by atoms with E-state index >= 15 is 0 Å². The summed E-state index contributed by atoms with van der Waals surface area (Å²) in [7, 11) is 0. The van der Waals surface area contributed by atoms with Crippen molar-refractivity contribution in [3.8, 4) is 0 Å². The number of hydrogen-bond acceptors (Lipinski definition) is 6. The van der Waals surface area contributed by atoms with E-state index in [9.17, 15) is 9.59 Å². The van der Waals surface area contributed by atoms with Gasteiger partial charge in [0.15, 0.2) is 5.01 Å². The minimum Gasteiger partial charge on any atom is -0.352 e. The van der Waals surface area contributed by atoms with Crippen LogP contribution in [0.4, 0.5) is 5.82 Å². The molecule has 0 unspecified atom stereocenters. The Bertz CT molecular complexity index is 1070. The summed E-state index contributed by atoms with van der Waals surface area (Å²) in [6, 6.07) is 11.6. The van der Waals surface area contributed by atoms with Gasteiger partial charge in [0, 0.05) is 23.0 Å². The summed E-state index contributed by atoms with van der Waals surface area (Å²) >= 11 is 2.69. The second kappa shape index (κ2) is 7.68. The first kappa shape index (κ1) is 17.4. The number of amides is 2. The molecule has 0 spiro atoms. The number of carbonyl (C=O) groups is 2. The molecule has 7 nitrogen and oxygen atoms in total. The zero-order chi connectivity index (χ0) is 18.6. The molecular formula is C18H15N5O2S2. The molecule has 0 bridgehead atoms. The average Bonchev–Trinajstić information content (AvgIpc) is 3.40. The standard InChI is InChI=1S/C18H15N5O2S2/c24-14(20-10-11-4-2-1-3-5-11)9-12-8-13-15(22-23-17(13)27-12)21-16(25)18-19-6-7-26-18/h1-8H,9-10H2,(H,20,24)(H2,21,22,23,25). The van der Waals surface area contributed by atoms with Gasteiger partial charge in [-0.15, -0.1) is 22.7 Å². The second-order valence-electron chi connectivity index (χ2n) is 5.76. The van der Waals surface area contributed by atoms with Gasteiger partial charge in [0.05, 0.1) is 11.8 Å². The van der Waals surface area contributed by atoms with Crippen LogP contribution >= 0.6 is 22.7 Å². The van der Waals surface area contributed by atoms with Crippen LogP contribution in [-0.4, -0.2) is 27.0 Å². The van der Waals surface area contributed by atoms with E-state index in [1.54, 1.807) is 11.6 Å². The van der Waals surface area contributed by atoms with E-state index in [2.05, 4.69) is 25.8 Å². The van der Waals surface area contributed by atoms with E-state index in [0.29, 0.717) is 17.4 Å². The number of rotatable bonds is 6. The van der Waals surface area contributed by atoms with Gasteiger partial charge in [-0.1, -0.05) is 30.3 Å². The number of fused-ring (bicyclic) bond motifs is 1. The molecule has 3 heterocycles. The smallest absolute Gasteiger partial charge is 0.285 e. The molecule has 0 fully saturated rings. The van der Waals surface area contributed by atoms with Gasteiger partial charge in [-0.05, 0) is 11.6 Å². The van der Waals surface area contributed by atoms with Crippen molar-refractivity contribution in [2.24, 2.45) is 0 Å². The fourth-order valence-electron chi connectivity index (χ4n) is 2.56. The van der Waals surface area contributed by atoms with Crippen molar-refractivity contribution in [2.45, 2.75) is 13.0 Å². The van der Waals surface area contributed by atoms with Crippen molar-refractivity contribution >= 4 is 50.5 Å². The lowest BCUT2D eigenvalue weighted by Crippen LogP contribution is -2.24. The second-order valence-corrected chi connectivity index (χ2v) is 7.77. The van der Waals surface area contributed by atoms with Crippen molar-refractivity contribution in [3.05, 3.63) is 63.4 Å². The highest BCUT2D eigenvalue weighted by Crippen LogP contribution is 2.29. The van der Waals surface area contributed by atoms with Gasteiger partial charge in [-0.2, -0.15) is 5.10 Å². The van der Waals surface area contributed by atoms with Crippen LogP contribution in [-0.2, 0) is 17.8 Å². The summed E-state index contributed by atoms with van der Waals surface area (Å²) < 4.78 is 0. The maximum atomic E-state index is 12.2. The highest BCUT2D eigenvalue weighted by atomic mass is 32.1. The van der Waals surface area contributed by atoms with Crippen LogP contribution in [0.1, 0.15) is 20.2 Å². The Balaban J connectivity index is 1.40. The van der Waals surface area contributed by atoms with Crippen LogP contribution in [0, 0.1) is 0 Å². The largest absolute Gasteiger partial charge is 0.352 e. The number of thiazole rings is 1. The minimum atomic E-state index is -0.288. The maximum absolute atomic E-state index is 12.2. The average molecular weight is 397 g/mol. The molecule has 27 heavy (non-hydrogen) atoms. The molecule has 4 rings (SSSR count). The van der Waals surface area contributed by atoms with Crippen molar-refractivity contribution in [1.29, 1.82) is 0 Å². The Labute approximate surface area is 162 Å². The quantitative estimate of drug-likeness (QED) is 0.465. The highest BCUT2D eigenvalue weighted by molar-refractivity contribution is 7.18. The number of anilines is 1. The van der Waals surface area contributed by atoms with Gasteiger partial charge in [-0.25, -0.2) is 4.98 Å². The molecule has 0 saturated carbocycles. The van der Waals surface area contributed by atoms with E-state index in [1.165, 1.54) is 22.7 Å². The molecule has 0 atom stereocenters. The fraction of sp³-hybridized carbons (Fsp3) is 0.111. The summed E-state index contributed by atoms with van der Waals surface area (Å²) in [4.78, 5) is 30.0. The molecule has 0 aliphatic heterocycles. The molecular weight excluding hydrogens is 382 g/mol. The van der Waals surface area contributed by atoms with Crippen LogP contribution in [0.15, 0.2) is 48.0 Å². The van der Waals surface area contributed by atoms with E-state index < -0.39 is 0 Å². The van der Waals surface area contributed by atoms with Gasteiger partial charge in [0.2, 0.25) is 5.91 Å². The number of nitrogens with one attached hydrogen (secondary N) is 3. The number of H-pyrrole nitrogens is 1. The molecule has 1 aromatic carbocycles. The van der Waals surface area contributed by atoms with E-state index in [0.717, 1.165) is 20.7 Å². The fourth-order valence-corrected chi connectivity index (χ4v) is 4.08. The molecule has 3 N–H and O–H groups in total. The molecule has 4 aromatic rings. The molecule has 0 saturated heterocycles.